The molecule has 0 atom stereocenters. The monoisotopic (exact) mass is 916 g/mol. The van der Waals surface area contributed by atoms with E-state index < -0.39 is 0 Å². The minimum absolute atomic E-state index is 1.07. The number of nitrogens with zero attached hydrogens (tertiary/aromatic N) is 2. The Morgan fingerprint density at radius 3 is 1.47 bits per heavy atom. The molecule has 13 rings (SSSR count). The predicted octanol–water partition coefficient (Wildman–Crippen LogP) is 19.4. The summed E-state index contributed by atoms with van der Waals surface area (Å²) in [5.74, 6) is 0. The predicted molar refractivity (Wildman–Crippen MR) is 306 cm³/mol. The van der Waals surface area contributed by atoms with Crippen molar-refractivity contribution in [2.45, 2.75) is 0 Å². The van der Waals surface area contributed by atoms with E-state index in [1.165, 1.54) is 82.6 Å². The van der Waals surface area contributed by atoms with Gasteiger partial charge in [0.15, 0.2) is 0 Å². The molecule has 0 bridgehead atoms. The molecule has 0 aliphatic carbocycles. The Morgan fingerprint density at radius 2 is 0.722 bits per heavy atom. The highest BCUT2D eigenvalue weighted by atomic mass is 15.1. The fourth-order valence-electron chi connectivity index (χ4n) is 10.7. The zero-order valence-corrected chi connectivity index (χ0v) is 39.6. The summed E-state index contributed by atoms with van der Waals surface area (Å²) in [4.78, 5) is 2.44. The smallest absolute Gasteiger partial charge is 0.0541 e. The van der Waals surface area contributed by atoms with Crippen LogP contribution in [0.25, 0.3) is 105 Å². The van der Waals surface area contributed by atoms with E-state index in [0.29, 0.717) is 0 Å². The molecule has 12 aromatic carbocycles. The maximum absolute atomic E-state index is 2.44. The number of benzene rings is 12. The van der Waals surface area contributed by atoms with Crippen molar-refractivity contribution in [1.82, 2.24) is 4.57 Å². The maximum Gasteiger partial charge on any atom is 0.0541 e. The average Bonchev–Trinajstić information content (AvgIpc) is 3.80. The van der Waals surface area contributed by atoms with Crippen LogP contribution in [0.3, 0.4) is 0 Å². The zero-order valence-electron chi connectivity index (χ0n) is 39.6. The average molecular weight is 917 g/mol. The van der Waals surface area contributed by atoms with Gasteiger partial charge < -0.3 is 9.47 Å². The van der Waals surface area contributed by atoms with Crippen molar-refractivity contribution in [2.24, 2.45) is 0 Å². The molecule has 2 nitrogen and oxygen atoms in total. The van der Waals surface area contributed by atoms with Crippen LogP contribution in [0.4, 0.5) is 17.1 Å². The lowest BCUT2D eigenvalue weighted by molar-refractivity contribution is 1.18. The van der Waals surface area contributed by atoms with Crippen LogP contribution in [0, 0.1) is 0 Å². The van der Waals surface area contributed by atoms with Gasteiger partial charge in [-0.15, -0.1) is 0 Å². The summed E-state index contributed by atoms with van der Waals surface area (Å²) in [6.45, 7) is 0. The molecule has 1 aromatic heterocycles. The van der Waals surface area contributed by atoms with Crippen molar-refractivity contribution in [3.8, 4) is 72.4 Å². The third kappa shape index (κ3) is 7.82. The molecule has 1 heterocycles. The van der Waals surface area contributed by atoms with Crippen LogP contribution < -0.4 is 4.90 Å². The van der Waals surface area contributed by atoms with E-state index in [4.69, 9.17) is 0 Å². The molecule has 0 fully saturated rings. The Morgan fingerprint density at radius 1 is 0.236 bits per heavy atom. The summed E-state index contributed by atoms with van der Waals surface area (Å²) in [6, 6.07) is 106. The number of para-hydroxylation sites is 3. The van der Waals surface area contributed by atoms with Gasteiger partial charge in [0.1, 0.15) is 0 Å². The highest BCUT2D eigenvalue weighted by Crippen LogP contribution is 2.46. The third-order valence-electron chi connectivity index (χ3n) is 14.2. The molecule has 0 radical (unpaired) electrons. The van der Waals surface area contributed by atoms with Crippen LogP contribution in [0.2, 0.25) is 0 Å². The van der Waals surface area contributed by atoms with Crippen molar-refractivity contribution in [3.63, 3.8) is 0 Å². The van der Waals surface area contributed by atoms with Crippen molar-refractivity contribution in [3.05, 3.63) is 291 Å². The number of aromatic nitrogens is 1. The van der Waals surface area contributed by atoms with E-state index in [9.17, 15) is 0 Å². The van der Waals surface area contributed by atoms with Crippen molar-refractivity contribution < 1.29 is 0 Å². The quantitative estimate of drug-likeness (QED) is 0.133. The van der Waals surface area contributed by atoms with Gasteiger partial charge in [-0.1, -0.05) is 224 Å². The van der Waals surface area contributed by atoms with Gasteiger partial charge in [-0.25, -0.2) is 0 Å². The third-order valence-corrected chi connectivity index (χ3v) is 14.2. The molecule has 0 saturated carbocycles. The van der Waals surface area contributed by atoms with Gasteiger partial charge in [-0.2, -0.15) is 0 Å². The first-order valence-corrected chi connectivity index (χ1v) is 24.7. The molecular weight excluding hydrogens is 869 g/mol. The summed E-state index contributed by atoms with van der Waals surface area (Å²) in [5, 5.41) is 4.97. The lowest BCUT2D eigenvalue weighted by Gasteiger charge is -2.29. The summed E-state index contributed by atoms with van der Waals surface area (Å²) in [5.41, 5.74) is 20.9. The Kier molecular flexibility index (Phi) is 10.9. The van der Waals surface area contributed by atoms with Crippen LogP contribution in [0.15, 0.2) is 291 Å². The molecule has 13 aromatic rings. The van der Waals surface area contributed by atoms with Crippen LogP contribution >= 0.6 is 0 Å². The molecule has 0 N–H and O–H groups in total. The van der Waals surface area contributed by atoms with E-state index in [-0.39, 0.29) is 0 Å². The van der Waals surface area contributed by atoms with Gasteiger partial charge in [0.05, 0.1) is 16.7 Å². The first-order valence-electron chi connectivity index (χ1n) is 24.7. The largest absolute Gasteiger partial charge is 0.310 e. The van der Waals surface area contributed by atoms with Crippen LogP contribution in [-0.2, 0) is 0 Å². The highest BCUT2D eigenvalue weighted by molar-refractivity contribution is 6.10. The molecule has 0 saturated heterocycles. The van der Waals surface area contributed by atoms with Crippen molar-refractivity contribution in [1.29, 1.82) is 0 Å². The topological polar surface area (TPSA) is 8.17 Å². The van der Waals surface area contributed by atoms with Gasteiger partial charge in [0.25, 0.3) is 0 Å². The fourth-order valence-corrected chi connectivity index (χ4v) is 10.7. The summed E-state index contributed by atoms with van der Waals surface area (Å²) in [7, 11) is 0. The van der Waals surface area contributed by atoms with Gasteiger partial charge in [-0.05, 0) is 139 Å². The van der Waals surface area contributed by atoms with Crippen LogP contribution in [-0.4, -0.2) is 4.57 Å². The standard InChI is InChI=1S/C70H48N2/c1-3-19-53(20-4-1)61-26-9-10-27-62(61)63-28-11-12-29-64(63)65-30-13-15-32-68(65)71(59-43-40-51(41-44-59)50-34-36-52(37-35-50)56-39-38-49-18-7-8-21-54(49)46-56)60-25-17-22-55(47-60)57-42-45-70-67(48-57)66-31-14-16-33-69(66)72(70)58-23-5-2-6-24-58/h1-48H. The second-order valence-electron chi connectivity index (χ2n) is 18.5. The second kappa shape index (κ2) is 18.4. The molecule has 338 valence electrons. The van der Waals surface area contributed by atoms with Gasteiger partial charge in [-0.3, -0.25) is 0 Å². The molecule has 0 unspecified atom stereocenters. The maximum atomic E-state index is 2.44. The molecule has 0 aliphatic heterocycles. The lowest BCUT2D eigenvalue weighted by Crippen LogP contribution is -2.11. The van der Waals surface area contributed by atoms with Gasteiger partial charge in [0, 0.05) is 33.4 Å². The van der Waals surface area contributed by atoms with Crippen LogP contribution in [0.5, 0.6) is 0 Å². The molecule has 2 heteroatoms. The zero-order chi connectivity index (χ0) is 47.8. The minimum atomic E-state index is 1.07. The van der Waals surface area contributed by atoms with E-state index in [0.717, 1.165) is 39.4 Å². The number of hydrogen-bond acceptors (Lipinski definition) is 1. The summed E-state index contributed by atoms with van der Waals surface area (Å²) < 4.78 is 2.38. The number of fused-ring (bicyclic) bond motifs is 4. The summed E-state index contributed by atoms with van der Waals surface area (Å²) >= 11 is 0. The molecular formula is C70H48N2. The number of hydrogen-bond donors (Lipinski definition) is 0. The molecule has 0 spiro atoms. The number of anilines is 3. The minimum Gasteiger partial charge on any atom is -0.310 e. The van der Waals surface area contributed by atoms with E-state index in [1.54, 1.807) is 0 Å². The first kappa shape index (κ1) is 42.6. The molecule has 72 heavy (non-hydrogen) atoms. The fraction of sp³-hybridized carbons (Fsp3) is 0. The Hall–Kier alpha value is -9.50. The SMILES string of the molecule is c1ccc(-c2ccccc2-c2ccccc2-c2ccccc2N(c2ccc(-c3ccc(-c4ccc5ccccc5c4)cc3)cc2)c2cccc(-c3ccc4c(c3)c3ccccc3n4-c3ccccc3)c2)cc1. The Labute approximate surface area is 420 Å². The molecule has 0 aliphatic rings. The number of rotatable bonds is 10. The molecule has 0 amide bonds. The second-order valence-corrected chi connectivity index (χ2v) is 18.5. The van der Waals surface area contributed by atoms with Crippen LogP contribution in [0.1, 0.15) is 0 Å². The first-order chi connectivity index (χ1) is 35.7. The van der Waals surface area contributed by atoms with Gasteiger partial charge >= 0.3 is 0 Å². The van der Waals surface area contributed by atoms with Gasteiger partial charge in [0.2, 0.25) is 0 Å². The summed E-state index contributed by atoms with van der Waals surface area (Å²) in [6.07, 6.45) is 0. The van der Waals surface area contributed by atoms with E-state index in [1.807, 2.05) is 0 Å². The lowest BCUT2D eigenvalue weighted by atomic mass is 9.88. The van der Waals surface area contributed by atoms with Crippen molar-refractivity contribution >= 4 is 49.6 Å². The Bertz CT molecular complexity index is 4070. The van der Waals surface area contributed by atoms with Crippen molar-refractivity contribution in [2.75, 3.05) is 4.90 Å². The normalized spacial score (nSPS) is 11.3. The van der Waals surface area contributed by atoms with E-state index >= 15 is 0 Å². The highest BCUT2D eigenvalue weighted by Gasteiger charge is 2.21. The Balaban J connectivity index is 0.935. The van der Waals surface area contributed by atoms with E-state index in [2.05, 4.69) is 301 Å².